The second-order valence-corrected chi connectivity index (χ2v) is 5.05. The fraction of sp³-hybridized carbons (Fsp3) is 0.200. The highest BCUT2D eigenvalue weighted by molar-refractivity contribution is 7.92. The summed E-state index contributed by atoms with van der Waals surface area (Å²) in [4.78, 5) is 14.2. The minimum Gasteiger partial charge on any atom is -0.481 e. The van der Waals surface area contributed by atoms with Gasteiger partial charge in [0.25, 0.3) is 0 Å². The van der Waals surface area contributed by atoms with E-state index in [4.69, 9.17) is 5.11 Å². The van der Waals surface area contributed by atoms with Crippen LogP contribution in [0, 0.1) is 0 Å². The zero-order valence-corrected chi connectivity index (χ0v) is 9.77. The van der Waals surface area contributed by atoms with Gasteiger partial charge in [0, 0.05) is 0 Å². The quantitative estimate of drug-likeness (QED) is 0.728. The van der Waals surface area contributed by atoms with Crippen LogP contribution in [0.1, 0.15) is 5.69 Å². The van der Waals surface area contributed by atoms with Crippen LogP contribution in [-0.4, -0.2) is 30.2 Å². The largest absolute Gasteiger partial charge is 0.481 e. The Hall–Kier alpha value is -1.89. The molecule has 0 aromatic carbocycles. The molecule has 0 aliphatic rings. The van der Waals surface area contributed by atoms with E-state index in [9.17, 15) is 13.2 Å². The van der Waals surface area contributed by atoms with Gasteiger partial charge in [-0.15, -0.1) is 6.58 Å². The molecule has 0 amide bonds. The zero-order valence-electron chi connectivity index (χ0n) is 8.96. The van der Waals surface area contributed by atoms with Crippen LogP contribution in [0.2, 0.25) is 0 Å². The molecule has 92 valence electrons. The molecule has 1 heterocycles. The van der Waals surface area contributed by atoms with Crippen LogP contribution in [0.15, 0.2) is 31.0 Å². The van der Waals surface area contributed by atoms with Gasteiger partial charge in [0.15, 0.2) is 0 Å². The topological polar surface area (TPSA) is 96.4 Å². The van der Waals surface area contributed by atoms with Crippen molar-refractivity contribution < 1.29 is 18.3 Å². The molecule has 0 unspecified atom stereocenters. The third-order valence-corrected chi connectivity index (χ3v) is 2.99. The van der Waals surface area contributed by atoms with E-state index in [1.807, 2.05) is 0 Å². The summed E-state index contributed by atoms with van der Waals surface area (Å²) in [6, 6.07) is 2.92. The normalized spacial score (nSPS) is 10.8. The summed E-state index contributed by atoms with van der Waals surface area (Å²) < 4.78 is 25.0. The van der Waals surface area contributed by atoms with E-state index >= 15 is 0 Å². The number of carboxylic acids is 1. The molecule has 7 heteroatoms. The third kappa shape index (κ3) is 4.64. The Morgan fingerprint density at radius 1 is 1.53 bits per heavy atom. The fourth-order valence-corrected chi connectivity index (χ4v) is 1.99. The van der Waals surface area contributed by atoms with Crippen molar-refractivity contribution in [1.29, 1.82) is 0 Å². The molecule has 0 aliphatic carbocycles. The molecular weight excluding hydrogens is 244 g/mol. The van der Waals surface area contributed by atoms with Gasteiger partial charge in [-0.1, -0.05) is 6.08 Å². The van der Waals surface area contributed by atoms with Gasteiger partial charge in [0.2, 0.25) is 10.0 Å². The van der Waals surface area contributed by atoms with Crippen LogP contribution < -0.4 is 4.72 Å². The molecule has 0 spiro atoms. The maximum atomic E-state index is 11.4. The van der Waals surface area contributed by atoms with Gasteiger partial charge in [0.1, 0.15) is 0 Å². The first-order valence-corrected chi connectivity index (χ1v) is 6.36. The molecule has 1 aromatic heterocycles. The molecule has 1 aromatic rings. The van der Waals surface area contributed by atoms with E-state index in [1.165, 1.54) is 24.4 Å². The average molecular weight is 256 g/mol. The molecule has 0 atom stereocenters. The molecule has 17 heavy (non-hydrogen) atoms. The minimum atomic E-state index is -3.44. The Balaban J connectivity index is 2.75. The number of carbonyl (C=O) groups is 1. The highest BCUT2D eigenvalue weighted by Gasteiger charge is 2.08. The third-order valence-electron chi connectivity index (χ3n) is 1.77. The van der Waals surface area contributed by atoms with E-state index in [2.05, 4.69) is 16.3 Å². The second kappa shape index (κ2) is 5.44. The van der Waals surface area contributed by atoms with Gasteiger partial charge < -0.3 is 5.11 Å². The first kappa shape index (κ1) is 13.2. The van der Waals surface area contributed by atoms with Gasteiger partial charge >= 0.3 is 5.97 Å². The van der Waals surface area contributed by atoms with Crippen LogP contribution in [-0.2, 0) is 21.2 Å². The van der Waals surface area contributed by atoms with Crippen LogP contribution >= 0.6 is 0 Å². The number of aliphatic carboxylic acids is 1. The summed E-state index contributed by atoms with van der Waals surface area (Å²) in [6.07, 6.45) is 2.35. The molecular formula is C10H12N2O4S. The lowest BCUT2D eigenvalue weighted by Gasteiger charge is -2.05. The van der Waals surface area contributed by atoms with E-state index in [1.54, 1.807) is 0 Å². The van der Waals surface area contributed by atoms with Crippen molar-refractivity contribution in [2.24, 2.45) is 0 Å². The number of rotatable bonds is 6. The predicted molar refractivity (Wildman–Crippen MR) is 63.2 cm³/mol. The average Bonchev–Trinajstić information content (AvgIpc) is 2.19. The summed E-state index contributed by atoms with van der Waals surface area (Å²) in [5.74, 6) is -1.18. The Bertz CT molecular complexity index is 508. The van der Waals surface area contributed by atoms with Crippen molar-refractivity contribution in [3.63, 3.8) is 0 Å². The first-order valence-electron chi connectivity index (χ1n) is 4.71. The summed E-state index contributed by atoms with van der Waals surface area (Å²) in [5, 5.41) is 8.53. The lowest BCUT2D eigenvalue weighted by molar-refractivity contribution is -0.136. The van der Waals surface area contributed by atoms with Gasteiger partial charge in [-0.3, -0.25) is 14.5 Å². The number of nitrogens with one attached hydrogen (secondary N) is 1. The van der Waals surface area contributed by atoms with Gasteiger partial charge in [-0.2, -0.15) is 0 Å². The van der Waals surface area contributed by atoms with Gasteiger partial charge in [0.05, 0.1) is 29.8 Å². The van der Waals surface area contributed by atoms with Crippen molar-refractivity contribution in [3.8, 4) is 0 Å². The van der Waals surface area contributed by atoms with Crippen molar-refractivity contribution in [2.75, 3.05) is 10.5 Å². The summed E-state index contributed by atoms with van der Waals surface area (Å²) in [5.41, 5.74) is 0.658. The van der Waals surface area contributed by atoms with Crippen LogP contribution in [0.5, 0.6) is 0 Å². The molecule has 0 fully saturated rings. The smallest absolute Gasteiger partial charge is 0.309 e. The Labute approximate surface area is 99.1 Å². The van der Waals surface area contributed by atoms with E-state index in [0.717, 1.165) is 0 Å². The molecule has 0 saturated heterocycles. The molecule has 0 saturated carbocycles. The van der Waals surface area contributed by atoms with Crippen molar-refractivity contribution >= 4 is 21.7 Å². The van der Waals surface area contributed by atoms with Crippen LogP contribution in [0.25, 0.3) is 0 Å². The van der Waals surface area contributed by atoms with Crippen molar-refractivity contribution in [2.45, 2.75) is 6.42 Å². The van der Waals surface area contributed by atoms with Gasteiger partial charge in [-0.25, -0.2) is 8.42 Å². The maximum absolute atomic E-state index is 11.4. The lowest BCUT2D eigenvalue weighted by atomic mass is 10.3. The summed E-state index contributed by atoms with van der Waals surface area (Å²) in [6.45, 7) is 3.33. The number of pyridine rings is 1. The fourth-order valence-electron chi connectivity index (χ4n) is 1.12. The monoisotopic (exact) mass is 256 g/mol. The second-order valence-electron chi connectivity index (χ2n) is 3.28. The summed E-state index contributed by atoms with van der Waals surface area (Å²) in [7, 11) is -3.44. The van der Waals surface area contributed by atoms with Crippen LogP contribution in [0.3, 0.4) is 0 Å². The molecule has 0 aliphatic heterocycles. The highest BCUT2D eigenvalue weighted by Crippen LogP contribution is 2.09. The molecule has 0 radical (unpaired) electrons. The number of anilines is 1. The Kier molecular flexibility index (Phi) is 4.22. The van der Waals surface area contributed by atoms with E-state index in [-0.39, 0.29) is 12.2 Å². The van der Waals surface area contributed by atoms with E-state index < -0.39 is 16.0 Å². The van der Waals surface area contributed by atoms with Gasteiger partial charge in [-0.05, 0) is 12.1 Å². The summed E-state index contributed by atoms with van der Waals surface area (Å²) >= 11 is 0. The molecule has 2 N–H and O–H groups in total. The lowest BCUT2D eigenvalue weighted by Crippen LogP contribution is -2.15. The molecule has 1 rings (SSSR count). The number of sulfonamides is 1. The Morgan fingerprint density at radius 2 is 2.24 bits per heavy atom. The number of hydrogen-bond acceptors (Lipinski definition) is 4. The van der Waals surface area contributed by atoms with Crippen LogP contribution in [0.4, 0.5) is 5.69 Å². The first-order chi connectivity index (χ1) is 7.93. The predicted octanol–water partition coefficient (Wildman–Crippen LogP) is 0.636. The maximum Gasteiger partial charge on any atom is 0.309 e. The van der Waals surface area contributed by atoms with Crippen molar-refractivity contribution in [3.05, 3.63) is 36.7 Å². The number of carboxylic acid groups (broad SMARTS) is 1. The standard InChI is InChI=1S/C10H12N2O4S/c1-2-5-17(15,16)12-9-4-3-8(11-7-9)6-10(13)14/h2-4,7,12H,1,5-6H2,(H,13,14). The molecule has 0 bridgehead atoms. The SMILES string of the molecule is C=CCS(=O)(=O)Nc1ccc(CC(=O)O)nc1. The number of aromatic nitrogens is 1. The highest BCUT2D eigenvalue weighted by atomic mass is 32.2. The van der Waals surface area contributed by atoms with E-state index in [0.29, 0.717) is 11.4 Å². The van der Waals surface area contributed by atoms with Crippen molar-refractivity contribution in [1.82, 2.24) is 4.98 Å². The number of nitrogens with zero attached hydrogens (tertiary/aromatic N) is 1. The Morgan fingerprint density at radius 3 is 2.71 bits per heavy atom. The zero-order chi connectivity index (χ0) is 12.9. The molecule has 6 nitrogen and oxygen atoms in total. The minimum absolute atomic E-state index is 0.191. The number of hydrogen-bond donors (Lipinski definition) is 2.